The number of nitrogens with zero attached hydrogens (tertiary/aromatic N) is 2. The van der Waals surface area contributed by atoms with E-state index in [-0.39, 0.29) is 5.01 Å². The van der Waals surface area contributed by atoms with Crippen LogP contribution in [0.5, 0.6) is 0 Å². The maximum atomic E-state index is 12.4. The zero-order valence-corrected chi connectivity index (χ0v) is 10.0. The molecular formula is C11H10F3N3S. The predicted molar refractivity (Wildman–Crippen MR) is 62.1 cm³/mol. The first kappa shape index (κ1) is 13.0. The van der Waals surface area contributed by atoms with Crippen molar-refractivity contribution in [2.75, 3.05) is 0 Å². The van der Waals surface area contributed by atoms with Gasteiger partial charge in [0.1, 0.15) is 5.01 Å². The molecular weight excluding hydrogens is 263 g/mol. The molecule has 0 fully saturated rings. The van der Waals surface area contributed by atoms with Crippen molar-refractivity contribution in [1.82, 2.24) is 9.97 Å². The molecule has 0 radical (unpaired) electrons. The largest absolute Gasteiger partial charge is 0.410 e. The van der Waals surface area contributed by atoms with Crippen LogP contribution < -0.4 is 5.73 Å². The van der Waals surface area contributed by atoms with Gasteiger partial charge in [0.05, 0.1) is 0 Å². The number of rotatable bonds is 3. The molecule has 0 bridgehead atoms. The maximum Gasteiger partial charge on any atom is 0.410 e. The fraction of sp³-hybridized carbons (Fsp3) is 0.273. The molecule has 0 saturated heterocycles. The first-order valence-electron chi connectivity index (χ1n) is 5.12. The standard InChI is InChI=1S/C11H10F3N3S/c12-11(13,14)9(15)10-17-6-8(18-10)5-7-1-3-16-4-2-7/h1-4,6,9H,5,15H2/t9-/m0/s1. The Hall–Kier alpha value is -1.47. The summed E-state index contributed by atoms with van der Waals surface area (Å²) in [7, 11) is 0. The topological polar surface area (TPSA) is 51.8 Å². The van der Waals surface area contributed by atoms with Crippen LogP contribution in [0.15, 0.2) is 30.7 Å². The minimum absolute atomic E-state index is 0.105. The van der Waals surface area contributed by atoms with E-state index in [4.69, 9.17) is 5.73 Å². The second-order valence-electron chi connectivity index (χ2n) is 3.72. The van der Waals surface area contributed by atoms with Crippen LogP contribution in [0.4, 0.5) is 13.2 Å². The summed E-state index contributed by atoms with van der Waals surface area (Å²) >= 11 is 0.986. The van der Waals surface area contributed by atoms with Gasteiger partial charge in [0, 0.05) is 29.9 Å². The van der Waals surface area contributed by atoms with Crippen LogP contribution in [-0.2, 0) is 6.42 Å². The second-order valence-corrected chi connectivity index (χ2v) is 4.86. The lowest BCUT2D eigenvalue weighted by Crippen LogP contribution is -2.28. The lowest BCUT2D eigenvalue weighted by Gasteiger charge is -2.11. The van der Waals surface area contributed by atoms with Crippen molar-refractivity contribution in [3.63, 3.8) is 0 Å². The third-order valence-corrected chi connectivity index (χ3v) is 3.40. The van der Waals surface area contributed by atoms with Crippen molar-refractivity contribution in [1.29, 1.82) is 0 Å². The Morgan fingerprint density at radius 1 is 1.28 bits per heavy atom. The molecule has 0 spiro atoms. The van der Waals surface area contributed by atoms with Crippen LogP contribution in [-0.4, -0.2) is 16.1 Å². The number of halogens is 3. The summed E-state index contributed by atoms with van der Waals surface area (Å²) in [5.41, 5.74) is 6.06. The van der Waals surface area contributed by atoms with E-state index >= 15 is 0 Å². The Labute approximate surface area is 105 Å². The van der Waals surface area contributed by atoms with Crippen LogP contribution in [0, 0.1) is 0 Å². The Morgan fingerprint density at radius 3 is 2.56 bits per heavy atom. The van der Waals surface area contributed by atoms with Gasteiger partial charge in [-0.25, -0.2) is 4.98 Å². The summed E-state index contributed by atoms with van der Waals surface area (Å²) in [6, 6.07) is 1.61. The third-order valence-electron chi connectivity index (χ3n) is 2.32. The van der Waals surface area contributed by atoms with Crippen LogP contribution in [0.25, 0.3) is 0 Å². The molecule has 0 amide bonds. The van der Waals surface area contributed by atoms with Gasteiger partial charge in [0.15, 0.2) is 6.04 Å². The SMILES string of the molecule is N[C@@H](c1ncc(Cc2ccncc2)s1)C(F)(F)F. The average molecular weight is 273 g/mol. The maximum absolute atomic E-state index is 12.4. The van der Waals surface area contributed by atoms with Crippen LogP contribution >= 0.6 is 11.3 Å². The monoisotopic (exact) mass is 273 g/mol. The van der Waals surface area contributed by atoms with E-state index in [1.165, 1.54) is 6.20 Å². The van der Waals surface area contributed by atoms with Crippen molar-refractivity contribution in [2.45, 2.75) is 18.6 Å². The first-order chi connectivity index (χ1) is 8.47. The molecule has 2 N–H and O–H groups in total. The lowest BCUT2D eigenvalue weighted by molar-refractivity contribution is -0.149. The number of thiazole rings is 1. The zero-order valence-electron chi connectivity index (χ0n) is 9.19. The van der Waals surface area contributed by atoms with Crippen molar-refractivity contribution in [3.05, 3.63) is 46.2 Å². The summed E-state index contributed by atoms with van der Waals surface area (Å²) in [6.45, 7) is 0. The van der Waals surface area contributed by atoms with Crippen LogP contribution in [0.3, 0.4) is 0 Å². The van der Waals surface area contributed by atoms with E-state index in [9.17, 15) is 13.2 Å². The predicted octanol–water partition coefficient (Wildman–Crippen LogP) is 2.69. The van der Waals surface area contributed by atoms with Crippen molar-refractivity contribution in [3.8, 4) is 0 Å². The highest BCUT2D eigenvalue weighted by Crippen LogP contribution is 2.33. The molecule has 18 heavy (non-hydrogen) atoms. The fourth-order valence-corrected chi connectivity index (χ4v) is 2.37. The number of pyridine rings is 1. The fourth-order valence-electron chi connectivity index (χ4n) is 1.39. The van der Waals surface area contributed by atoms with E-state index in [0.717, 1.165) is 21.8 Å². The number of hydrogen-bond acceptors (Lipinski definition) is 4. The van der Waals surface area contributed by atoms with Gasteiger partial charge in [0.2, 0.25) is 0 Å². The molecule has 2 aromatic heterocycles. The zero-order chi connectivity index (χ0) is 13.2. The molecule has 2 rings (SSSR count). The molecule has 0 saturated carbocycles. The molecule has 0 aromatic carbocycles. The Morgan fingerprint density at radius 2 is 1.94 bits per heavy atom. The lowest BCUT2D eigenvalue weighted by atomic mass is 10.2. The van der Waals surface area contributed by atoms with Gasteiger partial charge in [-0.3, -0.25) is 4.98 Å². The quantitative estimate of drug-likeness (QED) is 0.935. The van der Waals surface area contributed by atoms with Gasteiger partial charge >= 0.3 is 6.18 Å². The highest BCUT2D eigenvalue weighted by Gasteiger charge is 2.39. The smallest absolute Gasteiger partial charge is 0.314 e. The van der Waals surface area contributed by atoms with Crippen LogP contribution in [0.2, 0.25) is 0 Å². The molecule has 2 heterocycles. The van der Waals surface area contributed by atoms with Crippen molar-refractivity contribution >= 4 is 11.3 Å². The molecule has 1 atom stereocenters. The summed E-state index contributed by atoms with van der Waals surface area (Å²) in [5, 5.41) is -0.105. The minimum Gasteiger partial charge on any atom is -0.314 e. The van der Waals surface area contributed by atoms with Gasteiger partial charge < -0.3 is 5.73 Å². The molecule has 0 unspecified atom stereocenters. The van der Waals surface area contributed by atoms with Gasteiger partial charge in [-0.2, -0.15) is 13.2 Å². The Bertz CT molecular complexity index is 510. The van der Waals surface area contributed by atoms with E-state index in [1.54, 1.807) is 12.4 Å². The average Bonchev–Trinajstić information content (AvgIpc) is 2.76. The van der Waals surface area contributed by atoms with E-state index in [1.807, 2.05) is 12.1 Å². The Balaban J connectivity index is 2.12. The van der Waals surface area contributed by atoms with Crippen LogP contribution in [0.1, 0.15) is 21.5 Å². The molecule has 3 nitrogen and oxygen atoms in total. The highest BCUT2D eigenvalue weighted by molar-refractivity contribution is 7.11. The Kier molecular flexibility index (Phi) is 3.63. The second kappa shape index (κ2) is 5.03. The minimum atomic E-state index is -4.45. The van der Waals surface area contributed by atoms with E-state index in [2.05, 4.69) is 9.97 Å². The molecule has 0 aliphatic carbocycles. The number of hydrogen-bond donors (Lipinski definition) is 1. The summed E-state index contributed by atoms with van der Waals surface area (Å²) in [6.07, 6.45) is 0.792. The number of aromatic nitrogens is 2. The highest BCUT2D eigenvalue weighted by atomic mass is 32.1. The molecule has 96 valence electrons. The third kappa shape index (κ3) is 3.05. The molecule has 7 heteroatoms. The van der Waals surface area contributed by atoms with E-state index in [0.29, 0.717) is 6.42 Å². The number of nitrogens with two attached hydrogens (primary N) is 1. The summed E-state index contributed by atoms with van der Waals surface area (Å²) in [4.78, 5) is 8.35. The normalized spacial score (nSPS) is 13.6. The number of alkyl halides is 3. The summed E-state index contributed by atoms with van der Waals surface area (Å²) < 4.78 is 37.2. The van der Waals surface area contributed by atoms with E-state index < -0.39 is 12.2 Å². The van der Waals surface area contributed by atoms with Crippen molar-refractivity contribution < 1.29 is 13.2 Å². The van der Waals surface area contributed by atoms with Crippen molar-refractivity contribution in [2.24, 2.45) is 5.73 Å². The molecule has 0 aliphatic heterocycles. The molecule has 0 aliphatic rings. The van der Waals surface area contributed by atoms with Gasteiger partial charge in [0.25, 0.3) is 0 Å². The van der Waals surface area contributed by atoms with Gasteiger partial charge in [-0.1, -0.05) is 0 Å². The van der Waals surface area contributed by atoms with Gasteiger partial charge in [-0.05, 0) is 17.7 Å². The molecule has 2 aromatic rings. The first-order valence-corrected chi connectivity index (χ1v) is 5.94. The van der Waals surface area contributed by atoms with Gasteiger partial charge in [-0.15, -0.1) is 11.3 Å². The summed E-state index contributed by atoms with van der Waals surface area (Å²) in [5.74, 6) is 0.